The molecule has 0 unspecified atom stereocenters. The smallest absolute Gasteiger partial charge is 0.374 e. The number of hydrogen-bond donors (Lipinski definition) is 1. The van der Waals surface area contributed by atoms with Crippen LogP contribution >= 0.6 is 0 Å². The zero-order valence-electron chi connectivity index (χ0n) is 18.2. The van der Waals surface area contributed by atoms with E-state index in [0.29, 0.717) is 35.9 Å². The van der Waals surface area contributed by atoms with E-state index in [-0.39, 0.29) is 17.2 Å². The number of rotatable bonds is 5. The topological polar surface area (TPSA) is 113 Å². The predicted octanol–water partition coefficient (Wildman–Crippen LogP) is 4.91. The summed E-state index contributed by atoms with van der Waals surface area (Å²) in [6.07, 6.45) is 3.10. The largest absolute Gasteiger partial charge is 0.516 e. The highest BCUT2D eigenvalue weighted by Crippen LogP contribution is 2.39. The van der Waals surface area contributed by atoms with Crippen LogP contribution in [0.5, 0.6) is 0 Å². The molecule has 13 heteroatoms. The highest BCUT2D eigenvalue weighted by Gasteiger charge is 2.46. The Morgan fingerprint density at radius 3 is 2.62 bits per heavy atom. The number of benzene rings is 1. The molecule has 0 saturated heterocycles. The van der Waals surface area contributed by atoms with E-state index in [1.165, 1.54) is 12.1 Å². The fraction of sp³-hybridized carbons (Fsp3) is 0.286. The summed E-state index contributed by atoms with van der Waals surface area (Å²) in [6.45, 7) is 2.42. The van der Waals surface area contributed by atoms with Gasteiger partial charge in [-0.15, -0.1) is 10.2 Å². The number of pyridine rings is 1. The molecule has 0 atom stereocenters. The minimum absolute atomic E-state index is 0.0578. The summed E-state index contributed by atoms with van der Waals surface area (Å²) >= 11 is 0. The summed E-state index contributed by atoms with van der Waals surface area (Å²) in [5, 5.41) is 8.11. The summed E-state index contributed by atoms with van der Waals surface area (Å²) in [5.74, 6) is 0.451. The SMILES string of the molecule is Cc1cc(/N=N/c2cc3c(cc2NS(=O)(=O)C(F)(F)F)N(C)CCC3)nc(-c2ccccn2)n1. The minimum atomic E-state index is -5.65. The fourth-order valence-corrected chi connectivity index (χ4v) is 4.06. The first-order valence-electron chi connectivity index (χ1n) is 10.2. The molecule has 178 valence electrons. The molecule has 0 radical (unpaired) electrons. The summed E-state index contributed by atoms with van der Waals surface area (Å²) < 4.78 is 64.3. The van der Waals surface area contributed by atoms with Gasteiger partial charge in [0.15, 0.2) is 11.6 Å². The molecule has 0 aliphatic carbocycles. The van der Waals surface area contributed by atoms with Gasteiger partial charge in [0, 0.05) is 37.2 Å². The molecule has 0 bridgehead atoms. The number of anilines is 2. The number of hydrogen-bond acceptors (Lipinski definition) is 8. The number of halogens is 3. The first-order valence-corrected chi connectivity index (χ1v) is 11.7. The van der Waals surface area contributed by atoms with E-state index in [4.69, 9.17) is 0 Å². The molecule has 1 aromatic carbocycles. The van der Waals surface area contributed by atoms with Gasteiger partial charge in [0.25, 0.3) is 0 Å². The molecule has 3 heterocycles. The second-order valence-electron chi connectivity index (χ2n) is 7.68. The monoisotopic (exact) mass is 491 g/mol. The van der Waals surface area contributed by atoms with Crippen molar-refractivity contribution < 1.29 is 21.6 Å². The van der Waals surface area contributed by atoms with Gasteiger partial charge in [0.05, 0.1) is 5.69 Å². The number of nitrogens with zero attached hydrogens (tertiary/aromatic N) is 6. The molecule has 4 rings (SSSR count). The zero-order valence-corrected chi connectivity index (χ0v) is 19.0. The standard InChI is InChI=1S/C21H20F3N7O2S/c1-13-10-19(27-20(26-13)15-7-3-4-8-25-15)29-28-16-11-14-6-5-9-31(2)18(14)12-17(16)30-34(32,33)21(22,23)24/h3-4,7-8,10-12,30H,5-6,9H2,1-2H3/b29-28+. The lowest BCUT2D eigenvalue weighted by Gasteiger charge is -2.28. The van der Waals surface area contributed by atoms with Crippen molar-refractivity contribution in [3.63, 3.8) is 0 Å². The van der Waals surface area contributed by atoms with Crippen molar-refractivity contribution in [3.8, 4) is 11.5 Å². The number of aromatic nitrogens is 3. The van der Waals surface area contributed by atoms with E-state index in [9.17, 15) is 21.6 Å². The average molecular weight is 491 g/mol. The maximum absolute atomic E-state index is 13.0. The Bertz CT molecular complexity index is 1350. The van der Waals surface area contributed by atoms with E-state index >= 15 is 0 Å². The number of fused-ring (bicyclic) bond motifs is 1. The summed E-state index contributed by atoms with van der Waals surface area (Å²) in [7, 11) is -3.87. The normalized spacial score (nSPS) is 14.3. The van der Waals surface area contributed by atoms with Crippen molar-refractivity contribution in [3.05, 3.63) is 53.9 Å². The third-order valence-electron chi connectivity index (χ3n) is 5.09. The summed E-state index contributed by atoms with van der Waals surface area (Å²) in [5.41, 5.74) is -3.33. The van der Waals surface area contributed by atoms with E-state index < -0.39 is 15.5 Å². The quantitative estimate of drug-likeness (QED) is 0.508. The first-order chi connectivity index (χ1) is 16.0. The molecule has 1 aliphatic heterocycles. The Morgan fingerprint density at radius 1 is 1.12 bits per heavy atom. The van der Waals surface area contributed by atoms with Gasteiger partial charge in [-0.1, -0.05) is 6.07 Å². The van der Waals surface area contributed by atoms with Crippen LogP contribution in [0.2, 0.25) is 0 Å². The molecule has 1 N–H and O–H groups in total. The molecule has 34 heavy (non-hydrogen) atoms. The number of nitrogens with one attached hydrogen (secondary N) is 1. The Balaban J connectivity index is 1.76. The van der Waals surface area contributed by atoms with Crippen LogP contribution in [0, 0.1) is 6.92 Å². The van der Waals surface area contributed by atoms with Crippen LogP contribution in [-0.2, 0) is 16.4 Å². The van der Waals surface area contributed by atoms with Crippen LogP contribution in [0.25, 0.3) is 11.5 Å². The van der Waals surface area contributed by atoms with Gasteiger partial charge in [0.1, 0.15) is 11.4 Å². The van der Waals surface area contributed by atoms with Gasteiger partial charge < -0.3 is 4.90 Å². The highest BCUT2D eigenvalue weighted by molar-refractivity contribution is 7.93. The van der Waals surface area contributed by atoms with Gasteiger partial charge in [-0.25, -0.2) is 9.97 Å². The molecule has 0 spiro atoms. The third-order valence-corrected chi connectivity index (χ3v) is 6.19. The highest BCUT2D eigenvalue weighted by atomic mass is 32.2. The van der Waals surface area contributed by atoms with Crippen LogP contribution in [0.4, 0.5) is 36.1 Å². The second-order valence-corrected chi connectivity index (χ2v) is 9.35. The molecule has 0 amide bonds. The number of sulfonamides is 1. The Hall–Kier alpha value is -3.61. The van der Waals surface area contributed by atoms with E-state index in [0.717, 1.165) is 12.0 Å². The van der Waals surface area contributed by atoms with Gasteiger partial charge in [0.2, 0.25) is 0 Å². The third kappa shape index (κ3) is 4.98. The molecule has 3 aromatic rings. The zero-order chi connectivity index (χ0) is 24.5. The summed E-state index contributed by atoms with van der Waals surface area (Å²) in [4.78, 5) is 14.7. The molecular formula is C21H20F3N7O2S. The molecule has 9 nitrogen and oxygen atoms in total. The minimum Gasteiger partial charge on any atom is -0.374 e. The van der Waals surface area contributed by atoms with Crippen LogP contribution in [-0.4, -0.2) is 42.5 Å². The van der Waals surface area contributed by atoms with Crippen LogP contribution in [0.15, 0.2) is 52.8 Å². The van der Waals surface area contributed by atoms with Gasteiger partial charge in [-0.3, -0.25) is 9.71 Å². The lowest BCUT2D eigenvalue weighted by Crippen LogP contribution is -2.30. The van der Waals surface area contributed by atoms with E-state index in [1.54, 1.807) is 49.2 Å². The van der Waals surface area contributed by atoms with Crippen molar-refractivity contribution in [2.45, 2.75) is 25.3 Å². The van der Waals surface area contributed by atoms with Crippen LogP contribution < -0.4 is 9.62 Å². The number of alkyl halides is 3. The Kier molecular flexibility index (Phi) is 6.21. The Morgan fingerprint density at radius 2 is 1.91 bits per heavy atom. The molecule has 0 fully saturated rings. The molecular weight excluding hydrogens is 471 g/mol. The second kappa shape index (κ2) is 8.97. The maximum Gasteiger partial charge on any atom is 0.516 e. The fourth-order valence-electron chi connectivity index (χ4n) is 3.49. The molecule has 0 saturated carbocycles. The Labute approximate surface area is 193 Å². The molecule has 1 aliphatic rings. The van der Waals surface area contributed by atoms with Crippen molar-refractivity contribution >= 4 is 32.9 Å². The van der Waals surface area contributed by atoms with E-state index in [2.05, 4.69) is 25.2 Å². The van der Waals surface area contributed by atoms with Crippen LogP contribution in [0.1, 0.15) is 17.7 Å². The van der Waals surface area contributed by atoms with Crippen molar-refractivity contribution in [1.29, 1.82) is 0 Å². The van der Waals surface area contributed by atoms with Gasteiger partial charge >= 0.3 is 15.5 Å². The van der Waals surface area contributed by atoms with Crippen molar-refractivity contribution in [2.24, 2.45) is 10.2 Å². The van der Waals surface area contributed by atoms with Gasteiger partial charge in [-0.2, -0.15) is 21.6 Å². The first kappa shape index (κ1) is 23.5. The van der Waals surface area contributed by atoms with Crippen LogP contribution in [0.3, 0.4) is 0 Å². The summed E-state index contributed by atoms with van der Waals surface area (Å²) in [6, 6.07) is 9.67. The number of aryl methyl sites for hydroxylation is 2. The maximum atomic E-state index is 13.0. The van der Waals surface area contributed by atoms with Crippen molar-refractivity contribution in [2.75, 3.05) is 23.2 Å². The number of azo groups is 1. The van der Waals surface area contributed by atoms with E-state index in [1.807, 2.05) is 4.90 Å². The van der Waals surface area contributed by atoms with Crippen molar-refractivity contribution in [1.82, 2.24) is 15.0 Å². The average Bonchev–Trinajstić information content (AvgIpc) is 2.77. The lowest BCUT2D eigenvalue weighted by atomic mass is 10.0. The van der Waals surface area contributed by atoms with Gasteiger partial charge in [-0.05, 0) is 49.6 Å². The predicted molar refractivity (Wildman–Crippen MR) is 121 cm³/mol. The lowest BCUT2D eigenvalue weighted by molar-refractivity contribution is -0.0429. The molecule has 2 aromatic heterocycles.